The first-order chi connectivity index (χ1) is 9.61. The molecule has 2 rings (SSSR count). The molecule has 2 aromatic rings. The van der Waals surface area contributed by atoms with Crippen molar-refractivity contribution in [2.75, 3.05) is 12.4 Å². The van der Waals surface area contributed by atoms with Crippen LogP contribution in [0.1, 0.15) is 21.5 Å². The van der Waals surface area contributed by atoms with E-state index in [1.165, 1.54) is 0 Å². The number of anilines is 1. The Morgan fingerprint density at radius 1 is 1.35 bits per heavy atom. The fourth-order valence-corrected chi connectivity index (χ4v) is 2.00. The SMILES string of the molecule is CNC(=O)c1ccc(Cl)c(NCc2cnccc2C)c1. The van der Waals surface area contributed by atoms with Crippen molar-refractivity contribution in [1.82, 2.24) is 10.3 Å². The van der Waals surface area contributed by atoms with Crippen LogP contribution in [-0.2, 0) is 6.54 Å². The summed E-state index contributed by atoms with van der Waals surface area (Å²) in [7, 11) is 1.60. The molecule has 0 unspecified atom stereocenters. The van der Waals surface area contributed by atoms with Gasteiger partial charge in [-0.1, -0.05) is 11.6 Å². The first-order valence-corrected chi connectivity index (χ1v) is 6.64. The molecule has 104 valence electrons. The van der Waals surface area contributed by atoms with Crippen LogP contribution in [0.25, 0.3) is 0 Å². The highest BCUT2D eigenvalue weighted by molar-refractivity contribution is 6.33. The Balaban J connectivity index is 2.17. The van der Waals surface area contributed by atoms with Crippen molar-refractivity contribution >= 4 is 23.2 Å². The molecule has 0 saturated heterocycles. The number of hydrogen-bond donors (Lipinski definition) is 2. The van der Waals surface area contributed by atoms with Crippen molar-refractivity contribution in [2.24, 2.45) is 0 Å². The summed E-state index contributed by atoms with van der Waals surface area (Å²) in [4.78, 5) is 15.7. The molecule has 0 atom stereocenters. The van der Waals surface area contributed by atoms with E-state index in [9.17, 15) is 4.79 Å². The summed E-state index contributed by atoms with van der Waals surface area (Å²) in [6, 6.07) is 7.11. The molecule has 20 heavy (non-hydrogen) atoms. The molecule has 0 aliphatic rings. The predicted molar refractivity (Wildman–Crippen MR) is 81.1 cm³/mol. The van der Waals surface area contributed by atoms with E-state index >= 15 is 0 Å². The highest BCUT2D eigenvalue weighted by Crippen LogP contribution is 2.24. The van der Waals surface area contributed by atoms with E-state index in [0.29, 0.717) is 17.1 Å². The second-order valence-corrected chi connectivity index (χ2v) is 4.84. The highest BCUT2D eigenvalue weighted by atomic mass is 35.5. The molecule has 1 heterocycles. The molecule has 1 aromatic carbocycles. The fourth-order valence-electron chi connectivity index (χ4n) is 1.82. The molecular formula is C15H16ClN3O. The van der Waals surface area contributed by atoms with E-state index in [0.717, 1.165) is 16.8 Å². The van der Waals surface area contributed by atoms with Gasteiger partial charge in [-0.25, -0.2) is 0 Å². The summed E-state index contributed by atoms with van der Waals surface area (Å²) in [6.07, 6.45) is 3.58. The van der Waals surface area contributed by atoms with Crippen molar-refractivity contribution in [1.29, 1.82) is 0 Å². The van der Waals surface area contributed by atoms with Crippen molar-refractivity contribution in [3.63, 3.8) is 0 Å². The van der Waals surface area contributed by atoms with Gasteiger partial charge in [0.05, 0.1) is 10.7 Å². The number of nitrogens with one attached hydrogen (secondary N) is 2. The molecule has 0 bridgehead atoms. The van der Waals surface area contributed by atoms with Crippen LogP contribution in [-0.4, -0.2) is 17.9 Å². The van der Waals surface area contributed by atoms with Crippen LogP contribution in [0.3, 0.4) is 0 Å². The Morgan fingerprint density at radius 3 is 2.85 bits per heavy atom. The normalized spacial score (nSPS) is 10.2. The van der Waals surface area contributed by atoms with E-state index in [-0.39, 0.29) is 5.91 Å². The number of benzene rings is 1. The summed E-state index contributed by atoms with van der Waals surface area (Å²) < 4.78 is 0. The molecule has 5 heteroatoms. The van der Waals surface area contributed by atoms with Gasteiger partial charge < -0.3 is 10.6 Å². The number of amides is 1. The third kappa shape index (κ3) is 3.27. The van der Waals surface area contributed by atoms with E-state index in [1.807, 2.05) is 19.2 Å². The molecule has 2 N–H and O–H groups in total. The number of carbonyl (C=O) groups excluding carboxylic acids is 1. The molecule has 0 saturated carbocycles. The van der Waals surface area contributed by atoms with Gasteiger partial charge in [0.25, 0.3) is 5.91 Å². The highest BCUT2D eigenvalue weighted by Gasteiger charge is 2.07. The topological polar surface area (TPSA) is 54.0 Å². The Bertz CT molecular complexity index is 628. The first kappa shape index (κ1) is 14.3. The lowest BCUT2D eigenvalue weighted by Gasteiger charge is -2.11. The maximum Gasteiger partial charge on any atom is 0.251 e. The lowest BCUT2D eigenvalue weighted by Crippen LogP contribution is -2.17. The number of halogens is 1. The number of aromatic nitrogens is 1. The monoisotopic (exact) mass is 289 g/mol. The Kier molecular flexibility index (Phi) is 4.58. The molecule has 4 nitrogen and oxygen atoms in total. The minimum atomic E-state index is -0.137. The van der Waals surface area contributed by atoms with Crippen molar-refractivity contribution in [3.8, 4) is 0 Å². The van der Waals surface area contributed by atoms with Gasteiger partial charge in [-0.3, -0.25) is 9.78 Å². The molecule has 0 radical (unpaired) electrons. The number of pyridine rings is 1. The van der Waals surface area contributed by atoms with Gasteiger partial charge in [-0.15, -0.1) is 0 Å². The third-order valence-electron chi connectivity index (χ3n) is 3.07. The number of nitrogens with zero attached hydrogens (tertiary/aromatic N) is 1. The maximum absolute atomic E-state index is 11.6. The minimum absolute atomic E-state index is 0.137. The zero-order valence-electron chi connectivity index (χ0n) is 11.4. The molecule has 0 fully saturated rings. The number of hydrogen-bond acceptors (Lipinski definition) is 3. The van der Waals surface area contributed by atoms with Crippen LogP contribution in [0.4, 0.5) is 5.69 Å². The number of rotatable bonds is 4. The zero-order valence-corrected chi connectivity index (χ0v) is 12.2. The van der Waals surface area contributed by atoms with Crippen molar-refractivity contribution in [2.45, 2.75) is 13.5 Å². The first-order valence-electron chi connectivity index (χ1n) is 6.27. The molecule has 1 amide bonds. The summed E-state index contributed by atoms with van der Waals surface area (Å²) in [5.74, 6) is -0.137. The minimum Gasteiger partial charge on any atom is -0.380 e. The number of aryl methyl sites for hydroxylation is 1. The van der Waals surface area contributed by atoms with Gasteiger partial charge in [0, 0.05) is 31.5 Å². The van der Waals surface area contributed by atoms with E-state index in [2.05, 4.69) is 15.6 Å². The molecule has 1 aromatic heterocycles. The van der Waals surface area contributed by atoms with Gasteiger partial charge in [0.15, 0.2) is 0 Å². The average molecular weight is 290 g/mol. The largest absolute Gasteiger partial charge is 0.380 e. The zero-order chi connectivity index (χ0) is 14.5. The van der Waals surface area contributed by atoms with Gasteiger partial charge in [0.1, 0.15) is 0 Å². The van der Waals surface area contributed by atoms with Gasteiger partial charge in [0.2, 0.25) is 0 Å². The summed E-state index contributed by atoms with van der Waals surface area (Å²) in [5.41, 5.74) is 3.55. The lowest BCUT2D eigenvalue weighted by atomic mass is 10.1. The van der Waals surface area contributed by atoms with E-state index < -0.39 is 0 Å². The Labute approximate surface area is 123 Å². The van der Waals surface area contributed by atoms with E-state index in [1.54, 1.807) is 31.4 Å². The molecular weight excluding hydrogens is 274 g/mol. The second kappa shape index (κ2) is 6.39. The molecule has 0 aliphatic heterocycles. The van der Waals surface area contributed by atoms with Crippen molar-refractivity contribution < 1.29 is 4.79 Å². The molecule has 0 spiro atoms. The van der Waals surface area contributed by atoms with Crippen LogP contribution >= 0.6 is 11.6 Å². The summed E-state index contributed by atoms with van der Waals surface area (Å²) >= 11 is 6.14. The number of carbonyl (C=O) groups is 1. The van der Waals surface area contributed by atoms with Gasteiger partial charge >= 0.3 is 0 Å². The molecule has 0 aliphatic carbocycles. The van der Waals surface area contributed by atoms with Gasteiger partial charge in [-0.05, 0) is 42.3 Å². The van der Waals surface area contributed by atoms with Crippen LogP contribution < -0.4 is 10.6 Å². The summed E-state index contributed by atoms with van der Waals surface area (Å²) in [5, 5.41) is 6.41. The Hall–Kier alpha value is -2.07. The average Bonchev–Trinajstić information content (AvgIpc) is 2.47. The van der Waals surface area contributed by atoms with Gasteiger partial charge in [-0.2, -0.15) is 0 Å². The maximum atomic E-state index is 11.6. The summed E-state index contributed by atoms with van der Waals surface area (Å²) in [6.45, 7) is 2.64. The fraction of sp³-hybridized carbons (Fsp3) is 0.200. The van der Waals surface area contributed by atoms with Crippen molar-refractivity contribution in [3.05, 3.63) is 58.4 Å². The van der Waals surface area contributed by atoms with E-state index in [4.69, 9.17) is 11.6 Å². The predicted octanol–water partition coefficient (Wildman–Crippen LogP) is 3.02. The smallest absolute Gasteiger partial charge is 0.251 e. The van der Waals surface area contributed by atoms with Crippen LogP contribution in [0.2, 0.25) is 5.02 Å². The third-order valence-corrected chi connectivity index (χ3v) is 3.40. The lowest BCUT2D eigenvalue weighted by molar-refractivity contribution is 0.0963. The van der Waals surface area contributed by atoms with Crippen LogP contribution in [0, 0.1) is 6.92 Å². The van der Waals surface area contributed by atoms with Crippen LogP contribution in [0.5, 0.6) is 0 Å². The second-order valence-electron chi connectivity index (χ2n) is 4.43. The van der Waals surface area contributed by atoms with Crippen LogP contribution in [0.15, 0.2) is 36.7 Å². The standard InChI is InChI=1S/C15H16ClN3O/c1-10-5-6-18-8-12(10)9-19-14-7-11(15(20)17-2)3-4-13(14)16/h3-8,19H,9H2,1-2H3,(H,17,20). The quantitative estimate of drug-likeness (QED) is 0.910. The Morgan fingerprint density at radius 2 is 2.15 bits per heavy atom.